The Morgan fingerprint density at radius 3 is 2.59 bits per heavy atom. The van der Waals surface area contributed by atoms with E-state index in [1.54, 1.807) is 33.8 Å². The first-order valence-corrected chi connectivity index (χ1v) is 10.7. The molecule has 2 aromatic rings. The number of benzene rings is 1. The van der Waals surface area contributed by atoms with E-state index in [0.717, 1.165) is 10.5 Å². The quantitative estimate of drug-likeness (QED) is 0.646. The number of hydrogen-bond acceptors (Lipinski definition) is 7. The van der Waals surface area contributed by atoms with Gasteiger partial charge >= 0.3 is 6.09 Å². The van der Waals surface area contributed by atoms with E-state index >= 15 is 0 Å². The molecule has 8 heteroatoms. The molecule has 1 aromatic heterocycles. The zero-order chi connectivity index (χ0) is 23.4. The SMILES string of the molecule is C/C(=C\c1coc(C)n1)[C@H](O)[C@H](C)[C@@H](O)[C@@H](C)C(=O)N1C(=O)OC[C@H]1Cc1ccccc1. The van der Waals surface area contributed by atoms with Crippen molar-refractivity contribution in [1.82, 2.24) is 9.88 Å². The number of carbonyl (C=O) groups is 2. The van der Waals surface area contributed by atoms with Crippen molar-refractivity contribution in [3.63, 3.8) is 0 Å². The van der Waals surface area contributed by atoms with Gasteiger partial charge in [0.05, 0.1) is 24.2 Å². The van der Waals surface area contributed by atoms with Gasteiger partial charge in [-0.3, -0.25) is 4.79 Å². The minimum Gasteiger partial charge on any atom is -0.449 e. The Balaban J connectivity index is 1.68. The van der Waals surface area contributed by atoms with Gasteiger partial charge in [0.2, 0.25) is 5.91 Å². The first-order chi connectivity index (χ1) is 15.2. The number of ether oxygens (including phenoxy) is 1. The average molecular weight is 443 g/mol. The zero-order valence-corrected chi connectivity index (χ0v) is 18.8. The van der Waals surface area contributed by atoms with Crippen LogP contribution in [0.4, 0.5) is 4.79 Å². The standard InChI is InChI=1S/C24H30N2O6/c1-14(10-19-12-31-17(4)25-19)21(27)15(2)22(28)16(3)23(29)26-20(13-32-24(26)30)11-18-8-6-5-7-9-18/h5-10,12,15-16,20-22,27-28H,11,13H2,1-4H3/b14-10+/t15-,16+,20+,21-,22+/m0/s1. The van der Waals surface area contributed by atoms with E-state index in [1.807, 2.05) is 30.3 Å². The zero-order valence-electron chi connectivity index (χ0n) is 18.8. The molecule has 5 atom stereocenters. The van der Waals surface area contributed by atoms with Gasteiger partial charge in [-0.1, -0.05) is 44.2 Å². The summed E-state index contributed by atoms with van der Waals surface area (Å²) >= 11 is 0. The summed E-state index contributed by atoms with van der Waals surface area (Å²) in [4.78, 5) is 30.7. The lowest BCUT2D eigenvalue weighted by Gasteiger charge is -2.31. The molecule has 1 aromatic carbocycles. The molecule has 2 amide bonds. The number of oxazole rings is 1. The van der Waals surface area contributed by atoms with E-state index in [4.69, 9.17) is 9.15 Å². The predicted octanol–water partition coefficient (Wildman–Crippen LogP) is 2.97. The van der Waals surface area contributed by atoms with Crippen LogP contribution in [-0.2, 0) is 16.0 Å². The summed E-state index contributed by atoms with van der Waals surface area (Å²) in [6.45, 7) is 6.77. The minimum atomic E-state index is -1.18. The van der Waals surface area contributed by atoms with E-state index in [1.165, 1.54) is 6.26 Å². The molecule has 2 heterocycles. The number of aryl methyl sites for hydroxylation is 1. The normalized spacial score (nSPS) is 20.6. The molecule has 0 spiro atoms. The highest BCUT2D eigenvalue weighted by molar-refractivity contribution is 5.95. The number of carbonyl (C=O) groups excluding carboxylic acids is 2. The molecule has 172 valence electrons. The van der Waals surface area contributed by atoms with Gasteiger partial charge < -0.3 is 19.4 Å². The van der Waals surface area contributed by atoms with Crippen molar-refractivity contribution >= 4 is 18.1 Å². The van der Waals surface area contributed by atoms with Gasteiger partial charge in [-0.2, -0.15) is 0 Å². The fourth-order valence-corrected chi connectivity index (χ4v) is 3.95. The molecule has 0 aliphatic carbocycles. The number of amides is 2. The molecule has 0 radical (unpaired) electrons. The maximum absolute atomic E-state index is 13.1. The van der Waals surface area contributed by atoms with Crippen molar-refractivity contribution in [2.75, 3.05) is 6.61 Å². The highest BCUT2D eigenvalue weighted by atomic mass is 16.6. The second kappa shape index (κ2) is 10.1. The molecule has 3 rings (SSSR count). The molecule has 2 N–H and O–H groups in total. The van der Waals surface area contributed by atoms with Gasteiger partial charge in [0.15, 0.2) is 5.89 Å². The van der Waals surface area contributed by atoms with Crippen LogP contribution in [0, 0.1) is 18.8 Å². The van der Waals surface area contributed by atoms with Crippen LogP contribution in [0.1, 0.15) is 37.9 Å². The van der Waals surface area contributed by atoms with Crippen molar-refractivity contribution < 1.29 is 29.0 Å². The van der Waals surface area contributed by atoms with Crippen LogP contribution in [0.5, 0.6) is 0 Å². The number of imide groups is 1. The Morgan fingerprint density at radius 1 is 1.28 bits per heavy atom. The third-order valence-electron chi connectivity index (χ3n) is 5.93. The first kappa shape index (κ1) is 23.7. The molecular weight excluding hydrogens is 412 g/mol. The molecule has 1 aliphatic heterocycles. The maximum atomic E-state index is 13.1. The summed E-state index contributed by atoms with van der Waals surface area (Å²) < 4.78 is 10.3. The highest BCUT2D eigenvalue weighted by Gasteiger charge is 2.42. The van der Waals surface area contributed by atoms with Crippen molar-refractivity contribution in [3.05, 3.63) is 59.3 Å². The lowest BCUT2D eigenvalue weighted by Crippen LogP contribution is -2.48. The molecule has 0 bridgehead atoms. The molecule has 0 unspecified atom stereocenters. The van der Waals surface area contributed by atoms with Crippen LogP contribution in [0.15, 0.2) is 46.6 Å². The number of aliphatic hydroxyl groups excluding tert-OH is 2. The molecule has 1 saturated heterocycles. The van der Waals surface area contributed by atoms with Gasteiger partial charge in [-0.15, -0.1) is 0 Å². The smallest absolute Gasteiger partial charge is 0.416 e. The van der Waals surface area contributed by atoms with Gasteiger partial charge in [-0.25, -0.2) is 14.7 Å². The first-order valence-electron chi connectivity index (χ1n) is 10.7. The predicted molar refractivity (Wildman–Crippen MR) is 117 cm³/mol. The Morgan fingerprint density at radius 2 is 1.97 bits per heavy atom. The number of aliphatic hydroxyl groups is 2. The summed E-state index contributed by atoms with van der Waals surface area (Å²) in [5.74, 6) is -1.59. The number of rotatable bonds is 8. The van der Waals surface area contributed by atoms with Crippen LogP contribution in [0.3, 0.4) is 0 Å². The Kier molecular flexibility index (Phi) is 7.48. The van der Waals surface area contributed by atoms with Crippen LogP contribution in [0.2, 0.25) is 0 Å². The van der Waals surface area contributed by atoms with Crippen molar-refractivity contribution in [1.29, 1.82) is 0 Å². The molecule has 32 heavy (non-hydrogen) atoms. The van der Waals surface area contributed by atoms with Crippen LogP contribution < -0.4 is 0 Å². The molecule has 1 fully saturated rings. The van der Waals surface area contributed by atoms with Crippen molar-refractivity contribution in [2.24, 2.45) is 11.8 Å². The minimum absolute atomic E-state index is 0.111. The van der Waals surface area contributed by atoms with E-state index in [0.29, 0.717) is 23.6 Å². The number of nitrogens with zero attached hydrogens (tertiary/aromatic N) is 2. The van der Waals surface area contributed by atoms with Crippen LogP contribution >= 0.6 is 0 Å². The fourth-order valence-electron chi connectivity index (χ4n) is 3.95. The summed E-state index contributed by atoms with van der Waals surface area (Å²) in [6.07, 6.45) is 0.724. The van der Waals surface area contributed by atoms with E-state index < -0.39 is 42.1 Å². The second-order valence-electron chi connectivity index (χ2n) is 8.39. The Bertz CT molecular complexity index is 970. The number of cyclic esters (lactones) is 1. The summed E-state index contributed by atoms with van der Waals surface area (Å²) in [6, 6.07) is 9.09. The third-order valence-corrected chi connectivity index (χ3v) is 5.93. The highest BCUT2D eigenvalue weighted by Crippen LogP contribution is 2.26. The van der Waals surface area contributed by atoms with Crippen molar-refractivity contribution in [3.8, 4) is 0 Å². The monoisotopic (exact) mass is 442 g/mol. The van der Waals surface area contributed by atoms with E-state index in [9.17, 15) is 19.8 Å². The van der Waals surface area contributed by atoms with Crippen molar-refractivity contribution in [2.45, 2.75) is 52.4 Å². The molecule has 8 nitrogen and oxygen atoms in total. The van der Waals surface area contributed by atoms with Gasteiger partial charge in [0, 0.05) is 12.8 Å². The van der Waals surface area contributed by atoms with Gasteiger partial charge in [0.1, 0.15) is 18.6 Å². The molecule has 1 aliphatic rings. The van der Waals surface area contributed by atoms with Crippen LogP contribution in [-0.4, -0.2) is 57.0 Å². The second-order valence-corrected chi connectivity index (χ2v) is 8.39. The fraction of sp³-hybridized carbons (Fsp3) is 0.458. The largest absolute Gasteiger partial charge is 0.449 e. The average Bonchev–Trinajstić information content (AvgIpc) is 3.36. The number of aromatic nitrogens is 1. The maximum Gasteiger partial charge on any atom is 0.416 e. The summed E-state index contributed by atoms with van der Waals surface area (Å²) in [7, 11) is 0. The third kappa shape index (κ3) is 5.26. The van der Waals surface area contributed by atoms with E-state index in [-0.39, 0.29) is 6.61 Å². The van der Waals surface area contributed by atoms with Gasteiger partial charge in [-0.05, 0) is 30.6 Å². The van der Waals surface area contributed by atoms with Gasteiger partial charge in [0.25, 0.3) is 0 Å². The Labute approximate surface area is 187 Å². The Hall–Kier alpha value is -2.97. The summed E-state index contributed by atoms with van der Waals surface area (Å²) in [5, 5.41) is 21.6. The number of hydrogen-bond donors (Lipinski definition) is 2. The molecular formula is C24H30N2O6. The lowest BCUT2D eigenvalue weighted by molar-refractivity contribution is -0.138. The topological polar surface area (TPSA) is 113 Å². The summed E-state index contributed by atoms with van der Waals surface area (Å²) in [5.41, 5.74) is 2.12. The molecule has 0 saturated carbocycles. The van der Waals surface area contributed by atoms with E-state index in [2.05, 4.69) is 4.98 Å². The lowest BCUT2D eigenvalue weighted by atomic mass is 9.85. The van der Waals surface area contributed by atoms with Crippen LogP contribution in [0.25, 0.3) is 6.08 Å².